The lowest BCUT2D eigenvalue weighted by Crippen LogP contribution is -1.94. The molecule has 0 spiro atoms. The van der Waals surface area contributed by atoms with Crippen molar-refractivity contribution < 1.29 is 9.15 Å². The molecule has 9 heteroatoms. The molecule has 0 saturated heterocycles. The lowest BCUT2D eigenvalue weighted by Gasteiger charge is -2.06. The van der Waals surface area contributed by atoms with Gasteiger partial charge in [0.2, 0.25) is 5.16 Å². The van der Waals surface area contributed by atoms with Crippen molar-refractivity contribution in [2.75, 3.05) is 5.75 Å². The zero-order valence-electron chi connectivity index (χ0n) is 13.2. The van der Waals surface area contributed by atoms with E-state index in [-0.39, 0.29) is 6.61 Å². The molecule has 3 aromatic rings. The molecule has 0 amide bonds. The molecule has 0 radical (unpaired) electrons. The lowest BCUT2D eigenvalue weighted by molar-refractivity contribution is 0.270. The van der Waals surface area contributed by atoms with Crippen LogP contribution in [0.25, 0.3) is 0 Å². The number of rotatable bonds is 7. The Hall–Kier alpha value is -1.96. The van der Waals surface area contributed by atoms with Crippen LogP contribution in [-0.4, -0.2) is 26.8 Å². The molecule has 2 aromatic heterocycles. The minimum atomic E-state index is 0.249. The molecule has 2 heterocycles. The first-order valence-corrected chi connectivity index (χ1v) is 9.13. The number of nitrogens with zero attached hydrogens (tertiary/aromatic N) is 4. The van der Waals surface area contributed by atoms with Gasteiger partial charge in [-0.05, 0) is 36.1 Å². The summed E-state index contributed by atoms with van der Waals surface area (Å²) in [4.78, 5) is 0. The predicted molar refractivity (Wildman–Crippen MR) is 98.9 cm³/mol. The number of benzene rings is 1. The Morgan fingerprint density at radius 1 is 1.32 bits per heavy atom. The zero-order valence-corrected chi connectivity index (χ0v) is 15.6. The average Bonchev–Trinajstić information content (AvgIpc) is 3.22. The van der Waals surface area contributed by atoms with Crippen molar-refractivity contribution in [1.29, 1.82) is 0 Å². The van der Waals surface area contributed by atoms with Crippen LogP contribution in [0.4, 0.5) is 0 Å². The molecule has 0 aliphatic carbocycles. The first kappa shape index (κ1) is 17.8. The Morgan fingerprint density at radius 2 is 2.20 bits per heavy atom. The molecule has 1 aromatic carbocycles. The Morgan fingerprint density at radius 3 is 3.00 bits per heavy atom. The highest BCUT2D eigenvalue weighted by Crippen LogP contribution is 2.28. The lowest BCUT2D eigenvalue weighted by atomic mass is 10.3. The Balaban J connectivity index is 1.62. The number of hydrogen-bond donors (Lipinski definition) is 0. The van der Waals surface area contributed by atoms with Gasteiger partial charge in [-0.15, -0.1) is 10.2 Å². The topological polar surface area (TPSA) is 65.4 Å². The van der Waals surface area contributed by atoms with Crippen LogP contribution in [-0.2, 0) is 6.61 Å². The summed E-state index contributed by atoms with van der Waals surface area (Å²) in [6, 6.07) is 8.69. The number of thioether (sulfide) groups is 1. The second-order valence-corrected chi connectivity index (χ2v) is 6.88. The van der Waals surface area contributed by atoms with Crippen LogP contribution in [0.2, 0.25) is 10.0 Å². The molecule has 0 aliphatic heterocycles. The highest BCUT2D eigenvalue weighted by molar-refractivity contribution is 7.99. The molecular weight excluding hydrogens is 383 g/mol. The van der Waals surface area contributed by atoms with Gasteiger partial charge in [0.05, 0.1) is 11.2 Å². The number of ether oxygens (including phenoxy) is 1. The van der Waals surface area contributed by atoms with Crippen molar-refractivity contribution in [3.8, 4) is 5.75 Å². The van der Waals surface area contributed by atoms with E-state index in [2.05, 4.69) is 15.3 Å². The van der Waals surface area contributed by atoms with Gasteiger partial charge in [0.1, 0.15) is 30.2 Å². The molecule has 0 bridgehead atoms. The summed E-state index contributed by atoms with van der Waals surface area (Å²) in [5.41, 5.74) is 0. The quantitative estimate of drug-likeness (QED) is 0.425. The van der Waals surface area contributed by atoms with E-state index >= 15 is 0 Å². The Bertz CT molecular complexity index is 879. The maximum atomic E-state index is 6.07. The average molecular weight is 397 g/mol. The van der Waals surface area contributed by atoms with Crippen molar-refractivity contribution in [2.24, 2.45) is 5.10 Å². The van der Waals surface area contributed by atoms with Crippen LogP contribution in [0.1, 0.15) is 18.4 Å². The molecule has 0 atom stereocenters. The smallest absolute Gasteiger partial charge is 0.211 e. The first-order valence-electron chi connectivity index (χ1n) is 7.39. The maximum absolute atomic E-state index is 6.07. The van der Waals surface area contributed by atoms with E-state index in [0.717, 1.165) is 10.9 Å². The van der Waals surface area contributed by atoms with Crippen LogP contribution in [0.15, 0.2) is 51.3 Å². The summed E-state index contributed by atoms with van der Waals surface area (Å²) in [6.45, 7) is 2.29. The molecule has 0 fully saturated rings. The molecule has 0 aliphatic rings. The van der Waals surface area contributed by atoms with Crippen LogP contribution in [0.3, 0.4) is 0 Å². The molecule has 0 unspecified atom stereocenters. The van der Waals surface area contributed by atoms with E-state index in [0.29, 0.717) is 27.3 Å². The summed E-state index contributed by atoms with van der Waals surface area (Å²) < 4.78 is 12.9. The van der Waals surface area contributed by atoms with Gasteiger partial charge in [-0.25, -0.2) is 0 Å². The highest BCUT2D eigenvalue weighted by atomic mass is 35.5. The van der Waals surface area contributed by atoms with E-state index in [4.69, 9.17) is 32.4 Å². The van der Waals surface area contributed by atoms with Crippen molar-refractivity contribution in [3.05, 3.63) is 58.2 Å². The Kier molecular flexibility index (Phi) is 6.01. The number of hydrogen-bond acceptors (Lipinski definition) is 6. The van der Waals surface area contributed by atoms with Gasteiger partial charge in [-0.2, -0.15) is 9.78 Å². The van der Waals surface area contributed by atoms with E-state index in [9.17, 15) is 0 Å². The van der Waals surface area contributed by atoms with E-state index < -0.39 is 0 Å². The van der Waals surface area contributed by atoms with E-state index in [1.807, 2.05) is 19.1 Å². The summed E-state index contributed by atoms with van der Waals surface area (Å²) in [7, 11) is 0. The van der Waals surface area contributed by atoms with Crippen LogP contribution in [0, 0.1) is 0 Å². The van der Waals surface area contributed by atoms with E-state index in [1.54, 1.807) is 47.2 Å². The highest BCUT2D eigenvalue weighted by Gasteiger charge is 2.06. The minimum absolute atomic E-state index is 0.249. The first-order chi connectivity index (χ1) is 12.2. The van der Waals surface area contributed by atoms with Gasteiger partial charge in [0.15, 0.2) is 0 Å². The van der Waals surface area contributed by atoms with Crippen LogP contribution >= 0.6 is 35.0 Å². The maximum Gasteiger partial charge on any atom is 0.211 e. The molecule has 25 heavy (non-hydrogen) atoms. The van der Waals surface area contributed by atoms with Gasteiger partial charge in [0, 0.05) is 5.02 Å². The van der Waals surface area contributed by atoms with Gasteiger partial charge in [0.25, 0.3) is 0 Å². The monoisotopic (exact) mass is 396 g/mol. The Labute approximate surface area is 158 Å². The third kappa shape index (κ3) is 4.78. The molecule has 6 nitrogen and oxygen atoms in total. The van der Waals surface area contributed by atoms with Crippen molar-refractivity contribution >= 4 is 41.2 Å². The minimum Gasteiger partial charge on any atom is -0.484 e. The number of aromatic nitrogens is 3. The summed E-state index contributed by atoms with van der Waals surface area (Å²) in [6.07, 6.45) is 3.14. The van der Waals surface area contributed by atoms with Gasteiger partial charge < -0.3 is 9.15 Å². The second-order valence-electron chi connectivity index (χ2n) is 4.80. The standard InChI is InChI=1S/C16H14Cl2N4O2S/c1-2-25-16-21-19-10-22(16)20-8-12-4-5-13(24-12)9-23-15-6-3-11(17)7-14(15)18/h3-8,10H,2,9H2,1H3/b20-8+. The third-order valence-electron chi connectivity index (χ3n) is 3.03. The largest absolute Gasteiger partial charge is 0.484 e. The fourth-order valence-corrected chi connectivity index (χ4v) is 2.98. The van der Waals surface area contributed by atoms with Crippen molar-refractivity contribution in [2.45, 2.75) is 18.7 Å². The van der Waals surface area contributed by atoms with Crippen molar-refractivity contribution in [3.63, 3.8) is 0 Å². The molecule has 130 valence electrons. The van der Waals surface area contributed by atoms with Gasteiger partial charge in [-0.1, -0.05) is 41.9 Å². The van der Waals surface area contributed by atoms with Crippen molar-refractivity contribution in [1.82, 2.24) is 14.9 Å². The second kappa shape index (κ2) is 8.42. The third-order valence-corrected chi connectivity index (χ3v) is 4.38. The molecular formula is C16H14Cl2N4O2S. The molecule has 0 N–H and O–H groups in total. The summed E-state index contributed by atoms with van der Waals surface area (Å²) in [5.74, 6) is 2.69. The zero-order chi connectivity index (χ0) is 17.6. The fraction of sp³-hybridized carbons (Fsp3) is 0.188. The predicted octanol–water partition coefficient (Wildman–Crippen LogP) is 4.75. The van der Waals surface area contributed by atoms with Gasteiger partial charge in [-0.3, -0.25) is 0 Å². The number of halogens is 2. The fourth-order valence-electron chi connectivity index (χ4n) is 1.92. The normalized spacial score (nSPS) is 11.3. The summed E-state index contributed by atoms with van der Waals surface area (Å²) in [5, 5.41) is 13.9. The molecule has 0 saturated carbocycles. The number of furan rings is 1. The van der Waals surface area contributed by atoms with Gasteiger partial charge >= 0.3 is 0 Å². The van der Waals surface area contributed by atoms with Crippen LogP contribution < -0.4 is 4.74 Å². The molecule has 3 rings (SSSR count). The summed E-state index contributed by atoms with van der Waals surface area (Å²) >= 11 is 13.5. The van der Waals surface area contributed by atoms with E-state index in [1.165, 1.54) is 0 Å². The SMILES string of the molecule is CCSc1nncn1/N=C/c1ccc(COc2ccc(Cl)cc2Cl)o1. The van der Waals surface area contributed by atoms with Crippen LogP contribution in [0.5, 0.6) is 5.75 Å².